The number of benzene rings is 1. The summed E-state index contributed by atoms with van der Waals surface area (Å²) in [7, 11) is 0. The van der Waals surface area contributed by atoms with Gasteiger partial charge in [-0.3, -0.25) is 4.79 Å². The molecule has 1 aromatic carbocycles. The maximum Gasteiger partial charge on any atom is 0.253 e. The molecule has 0 spiro atoms. The molecule has 1 aliphatic rings. The number of carbonyl (C=O) groups is 1. The summed E-state index contributed by atoms with van der Waals surface area (Å²) in [5.41, 5.74) is 6.16. The van der Waals surface area contributed by atoms with E-state index in [2.05, 4.69) is 12.2 Å². The SMILES string of the molecule is CC1CCCCC1(CN)NC(=O)C(O)c1ccccc1. The molecule has 1 saturated carbocycles. The number of aliphatic hydroxyl groups is 1. The molecule has 0 heterocycles. The van der Waals surface area contributed by atoms with Gasteiger partial charge in [0.05, 0.1) is 5.54 Å². The molecule has 3 unspecified atom stereocenters. The van der Waals surface area contributed by atoms with Crippen LogP contribution in [0.2, 0.25) is 0 Å². The van der Waals surface area contributed by atoms with E-state index in [0.717, 1.165) is 19.3 Å². The van der Waals surface area contributed by atoms with E-state index in [1.165, 1.54) is 6.42 Å². The summed E-state index contributed by atoms with van der Waals surface area (Å²) < 4.78 is 0. The van der Waals surface area contributed by atoms with E-state index in [4.69, 9.17) is 5.73 Å². The second kappa shape index (κ2) is 6.37. The van der Waals surface area contributed by atoms with Gasteiger partial charge in [-0.2, -0.15) is 0 Å². The summed E-state index contributed by atoms with van der Waals surface area (Å²) in [6, 6.07) is 8.99. The van der Waals surface area contributed by atoms with E-state index < -0.39 is 6.10 Å². The average Bonchev–Trinajstić information content (AvgIpc) is 2.49. The topological polar surface area (TPSA) is 75.3 Å². The van der Waals surface area contributed by atoms with Crippen LogP contribution >= 0.6 is 0 Å². The Morgan fingerprint density at radius 2 is 2.15 bits per heavy atom. The highest BCUT2D eigenvalue weighted by Gasteiger charge is 2.39. The maximum absolute atomic E-state index is 12.3. The van der Waals surface area contributed by atoms with Crippen LogP contribution in [-0.4, -0.2) is 23.1 Å². The molecule has 110 valence electrons. The molecule has 4 nitrogen and oxygen atoms in total. The Hall–Kier alpha value is -1.39. The van der Waals surface area contributed by atoms with Crippen LogP contribution in [0.3, 0.4) is 0 Å². The Morgan fingerprint density at radius 3 is 2.75 bits per heavy atom. The fourth-order valence-electron chi connectivity index (χ4n) is 3.05. The van der Waals surface area contributed by atoms with Crippen LogP contribution in [0.15, 0.2) is 30.3 Å². The zero-order valence-corrected chi connectivity index (χ0v) is 12.0. The van der Waals surface area contributed by atoms with Crippen molar-refractivity contribution in [1.29, 1.82) is 0 Å². The van der Waals surface area contributed by atoms with Crippen LogP contribution in [0.25, 0.3) is 0 Å². The first-order valence-corrected chi connectivity index (χ1v) is 7.34. The summed E-state index contributed by atoms with van der Waals surface area (Å²) in [4.78, 5) is 12.3. The number of carbonyl (C=O) groups excluding carboxylic acids is 1. The van der Waals surface area contributed by atoms with Gasteiger partial charge in [0.15, 0.2) is 6.10 Å². The molecule has 0 bridgehead atoms. The number of nitrogens with two attached hydrogens (primary N) is 1. The van der Waals surface area contributed by atoms with E-state index in [1.807, 2.05) is 18.2 Å². The smallest absolute Gasteiger partial charge is 0.253 e. The molecule has 1 amide bonds. The fraction of sp³-hybridized carbons (Fsp3) is 0.562. The molecule has 4 N–H and O–H groups in total. The molecular weight excluding hydrogens is 252 g/mol. The Bertz CT molecular complexity index is 449. The number of hydrogen-bond acceptors (Lipinski definition) is 3. The van der Waals surface area contributed by atoms with Crippen LogP contribution in [-0.2, 0) is 4.79 Å². The molecule has 1 aliphatic carbocycles. The van der Waals surface area contributed by atoms with Crippen LogP contribution < -0.4 is 11.1 Å². The third kappa shape index (κ3) is 3.02. The lowest BCUT2D eigenvalue weighted by Gasteiger charge is -2.43. The zero-order valence-electron chi connectivity index (χ0n) is 12.0. The van der Waals surface area contributed by atoms with Gasteiger partial charge < -0.3 is 16.2 Å². The summed E-state index contributed by atoms with van der Waals surface area (Å²) in [5, 5.41) is 13.2. The monoisotopic (exact) mass is 276 g/mol. The number of aliphatic hydroxyl groups excluding tert-OH is 1. The van der Waals surface area contributed by atoms with Crippen molar-refractivity contribution in [3.05, 3.63) is 35.9 Å². The Kier molecular flexibility index (Phi) is 4.78. The van der Waals surface area contributed by atoms with Crippen molar-refractivity contribution in [1.82, 2.24) is 5.32 Å². The van der Waals surface area contributed by atoms with Crippen LogP contribution in [0.4, 0.5) is 0 Å². The first-order chi connectivity index (χ1) is 9.59. The molecule has 0 saturated heterocycles. The maximum atomic E-state index is 12.3. The van der Waals surface area contributed by atoms with Crippen LogP contribution in [0.5, 0.6) is 0 Å². The predicted octanol–water partition coefficient (Wildman–Crippen LogP) is 1.74. The predicted molar refractivity (Wildman–Crippen MR) is 79.0 cm³/mol. The highest BCUT2D eigenvalue weighted by molar-refractivity contribution is 5.82. The van der Waals surface area contributed by atoms with Gasteiger partial charge >= 0.3 is 0 Å². The molecule has 0 aliphatic heterocycles. The number of amides is 1. The third-order valence-corrected chi connectivity index (χ3v) is 4.55. The average molecular weight is 276 g/mol. The van der Waals surface area contributed by atoms with E-state index in [1.54, 1.807) is 12.1 Å². The Morgan fingerprint density at radius 1 is 1.45 bits per heavy atom. The molecule has 20 heavy (non-hydrogen) atoms. The van der Waals surface area contributed by atoms with Gasteiger partial charge in [0, 0.05) is 6.54 Å². The van der Waals surface area contributed by atoms with E-state index in [-0.39, 0.29) is 11.4 Å². The lowest BCUT2D eigenvalue weighted by molar-refractivity contribution is -0.132. The summed E-state index contributed by atoms with van der Waals surface area (Å²) in [6.45, 7) is 2.54. The highest BCUT2D eigenvalue weighted by atomic mass is 16.3. The Balaban J connectivity index is 2.09. The molecular formula is C16H24N2O2. The zero-order chi connectivity index (χ0) is 14.6. The number of rotatable bonds is 4. The molecule has 1 fully saturated rings. The number of nitrogens with one attached hydrogen (secondary N) is 1. The molecule has 4 heteroatoms. The van der Waals surface area contributed by atoms with Crippen LogP contribution in [0.1, 0.15) is 44.3 Å². The van der Waals surface area contributed by atoms with Gasteiger partial charge in [0.25, 0.3) is 5.91 Å². The van der Waals surface area contributed by atoms with Crippen molar-refractivity contribution in [3.63, 3.8) is 0 Å². The van der Waals surface area contributed by atoms with Gasteiger partial charge in [-0.15, -0.1) is 0 Å². The summed E-state index contributed by atoms with van der Waals surface area (Å²) in [6.07, 6.45) is 3.08. The Labute approximate surface area is 120 Å². The highest BCUT2D eigenvalue weighted by Crippen LogP contribution is 2.33. The molecule has 2 rings (SSSR count). The molecule has 0 aromatic heterocycles. The van der Waals surface area contributed by atoms with Gasteiger partial charge in [0.1, 0.15) is 0 Å². The first kappa shape index (κ1) is 15.0. The van der Waals surface area contributed by atoms with E-state index >= 15 is 0 Å². The minimum absolute atomic E-state index is 0.341. The quantitative estimate of drug-likeness (QED) is 0.784. The van der Waals surface area contributed by atoms with Gasteiger partial charge in [-0.1, -0.05) is 50.1 Å². The fourth-order valence-corrected chi connectivity index (χ4v) is 3.05. The second-order valence-corrected chi connectivity index (χ2v) is 5.81. The molecule has 3 atom stereocenters. The normalized spacial score (nSPS) is 27.9. The van der Waals surface area contributed by atoms with Crippen LogP contribution in [0, 0.1) is 5.92 Å². The van der Waals surface area contributed by atoms with Crippen molar-refractivity contribution in [2.45, 2.75) is 44.2 Å². The lowest BCUT2D eigenvalue weighted by Crippen LogP contribution is -2.59. The first-order valence-electron chi connectivity index (χ1n) is 7.34. The van der Waals surface area contributed by atoms with E-state index in [9.17, 15) is 9.90 Å². The van der Waals surface area contributed by atoms with Crippen molar-refractivity contribution in [2.75, 3.05) is 6.54 Å². The standard InChI is InChI=1S/C16H24N2O2/c1-12-7-5-6-10-16(12,11-17)18-15(20)14(19)13-8-3-2-4-9-13/h2-4,8-9,12,14,19H,5-7,10-11,17H2,1H3,(H,18,20). The van der Waals surface area contributed by atoms with Crippen molar-refractivity contribution >= 4 is 5.91 Å². The molecule has 1 aromatic rings. The van der Waals surface area contributed by atoms with Gasteiger partial charge in [-0.25, -0.2) is 0 Å². The minimum atomic E-state index is -1.13. The second-order valence-electron chi connectivity index (χ2n) is 5.81. The third-order valence-electron chi connectivity index (χ3n) is 4.55. The van der Waals surface area contributed by atoms with Crippen molar-refractivity contribution in [3.8, 4) is 0 Å². The lowest BCUT2D eigenvalue weighted by atomic mass is 9.73. The van der Waals surface area contributed by atoms with Gasteiger partial charge in [-0.05, 0) is 24.3 Å². The minimum Gasteiger partial charge on any atom is -0.378 e. The summed E-state index contributed by atoms with van der Waals surface area (Å²) >= 11 is 0. The summed E-state index contributed by atoms with van der Waals surface area (Å²) in [5.74, 6) is -0.0106. The van der Waals surface area contributed by atoms with Crippen molar-refractivity contribution < 1.29 is 9.90 Å². The molecule has 0 radical (unpaired) electrons. The van der Waals surface area contributed by atoms with Crippen molar-refractivity contribution in [2.24, 2.45) is 11.7 Å². The number of hydrogen-bond donors (Lipinski definition) is 3. The van der Waals surface area contributed by atoms with E-state index in [0.29, 0.717) is 18.0 Å². The van der Waals surface area contributed by atoms with Gasteiger partial charge in [0.2, 0.25) is 0 Å². The largest absolute Gasteiger partial charge is 0.378 e.